The Morgan fingerprint density at radius 2 is 1.97 bits per heavy atom. The quantitative estimate of drug-likeness (QED) is 0.285. The summed E-state index contributed by atoms with van der Waals surface area (Å²) in [6, 6.07) is 0. The molecule has 1 aliphatic rings. The molecule has 1 rings (SSSR count). The van der Waals surface area contributed by atoms with E-state index >= 15 is 0 Å². The SMILES string of the molecule is CCCCC[C@](C)(O)C=C[C@H]1[C@H](C)CC(=O)[C@@H]1CC=CCCCCOC(=O)NS(C)(=O)=O. The normalized spacial score (nSPS) is 23.7. The third-order valence-electron chi connectivity index (χ3n) is 5.85. The molecule has 184 valence electrons. The number of aliphatic hydroxyl groups is 1. The van der Waals surface area contributed by atoms with Gasteiger partial charge in [-0.1, -0.05) is 57.4 Å². The maximum atomic E-state index is 12.5. The first-order valence-corrected chi connectivity index (χ1v) is 13.6. The van der Waals surface area contributed by atoms with Crippen LogP contribution >= 0.6 is 0 Å². The number of carbonyl (C=O) groups is 2. The molecule has 0 unspecified atom stereocenters. The topological polar surface area (TPSA) is 110 Å². The summed E-state index contributed by atoms with van der Waals surface area (Å²) >= 11 is 0. The molecule has 1 aliphatic carbocycles. The van der Waals surface area contributed by atoms with Crippen LogP contribution < -0.4 is 4.72 Å². The molecule has 0 bridgehead atoms. The molecule has 0 aliphatic heterocycles. The molecule has 1 saturated carbocycles. The molecule has 0 heterocycles. The van der Waals surface area contributed by atoms with Gasteiger partial charge in [-0.25, -0.2) is 17.9 Å². The highest BCUT2D eigenvalue weighted by Gasteiger charge is 2.37. The van der Waals surface area contributed by atoms with Gasteiger partial charge in [-0.2, -0.15) is 0 Å². The van der Waals surface area contributed by atoms with Crippen LogP contribution in [0.5, 0.6) is 0 Å². The summed E-state index contributed by atoms with van der Waals surface area (Å²) in [5, 5.41) is 10.6. The Bertz CT molecular complexity index is 756. The number of ketones is 1. The Morgan fingerprint density at radius 3 is 2.62 bits per heavy atom. The van der Waals surface area contributed by atoms with Crippen molar-refractivity contribution in [3.63, 3.8) is 0 Å². The minimum atomic E-state index is -3.60. The van der Waals surface area contributed by atoms with E-state index in [1.807, 2.05) is 25.2 Å². The van der Waals surface area contributed by atoms with Gasteiger partial charge in [0.15, 0.2) is 0 Å². The number of sulfonamides is 1. The third-order valence-corrected chi connectivity index (χ3v) is 6.38. The predicted octanol–water partition coefficient (Wildman–Crippen LogP) is 4.52. The molecule has 7 nitrogen and oxygen atoms in total. The molecular formula is C24H41NO6S. The summed E-state index contributed by atoms with van der Waals surface area (Å²) < 4.78 is 28.4. The van der Waals surface area contributed by atoms with Crippen LogP contribution in [0.25, 0.3) is 0 Å². The van der Waals surface area contributed by atoms with E-state index in [1.54, 1.807) is 4.72 Å². The summed E-state index contributed by atoms with van der Waals surface area (Å²) in [6.45, 7) is 6.23. The van der Waals surface area contributed by atoms with Gasteiger partial charge in [0.2, 0.25) is 10.0 Å². The summed E-state index contributed by atoms with van der Waals surface area (Å²) in [5.74, 6) is 0.657. The van der Waals surface area contributed by atoms with E-state index in [9.17, 15) is 23.1 Å². The molecule has 0 aromatic rings. The van der Waals surface area contributed by atoms with E-state index in [-0.39, 0.29) is 30.1 Å². The molecule has 8 heteroatoms. The summed E-state index contributed by atoms with van der Waals surface area (Å²) in [5.41, 5.74) is -0.832. The van der Waals surface area contributed by atoms with E-state index in [0.29, 0.717) is 19.3 Å². The monoisotopic (exact) mass is 471 g/mol. The zero-order valence-corrected chi connectivity index (χ0v) is 20.8. The minimum absolute atomic E-state index is 0.0491. The lowest BCUT2D eigenvalue weighted by Gasteiger charge is -2.22. The molecule has 2 N–H and O–H groups in total. The first kappa shape index (κ1) is 28.4. The van der Waals surface area contributed by atoms with Crippen molar-refractivity contribution >= 4 is 21.9 Å². The van der Waals surface area contributed by atoms with Gasteiger partial charge in [0.25, 0.3) is 0 Å². The average Bonchev–Trinajstić information content (AvgIpc) is 2.93. The number of amides is 1. The van der Waals surface area contributed by atoms with Crippen molar-refractivity contribution in [2.75, 3.05) is 12.9 Å². The van der Waals surface area contributed by atoms with Crippen molar-refractivity contribution < 1.29 is 27.9 Å². The average molecular weight is 472 g/mol. The molecule has 32 heavy (non-hydrogen) atoms. The van der Waals surface area contributed by atoms with Crippen molar-refractivity contribution in [3.05, 3.63) is 24.3 Å². The van der Waals surface area contributed by atoms with Crippen LogP contribution in [-0.2, 0) is 19.6 Å². The fourth-order valence-electron chi connectivity index (χ4n) is 4.03. The number of carbonyl (C=O) groups excluding carboxylic acids is 2. The van der Waals surface area contributed by atoms with Gasteiger partial charge in [0.1, 0.15) is 5.78 Å². The van der Waals surface area contributed by atoms with Gasteiger partial charge in [-0.3, -0.25) is 4.79 Å². The Labute approximate surface area is 193 Å². The molecular weight excluding hydrogens is 430 g/mol. The Hall–Kier alpha value is -1.67. The Kier molecular flexibility index (Phi) is 12.2. The zero-order chi connectivity index (χ0) is 24.2. The summed E-state index contributed by atoms with van der Waals surface area (Å²) in [7, 11) is -3.60. The molecule has 0 radical (unpaired) electrons. The molecule has 1 amide bonds. The zero-order valence-electron chi connectivity index (χ0n) is 20.0. The number of hydrogen-bond acceptors (Lipinski definition) is 6. The molecule has 4 atom stereocenters. The van der Waals surface area contributed by atoms with Gasteiger partial charge in [-0.05, 0) is 50.9 Å². The van der Waals surface area contributed by atoms with E-state index in [2.05, 4.69) is 19.9 Å². The minimum Gasteiger partial charge on any atom is -0.449 e. The first-order chi connectivity index (χ1) is 14.9. The van der Waals surface area contributed by atoms with Gasteiger partial charge in [0, 0.05) is 12.3 Å². The molecule has 0 spiro atoms. The Balaban J connectivity index is 2.40. The van der Waals surface area contributed by atoms with Crippen molar-refractivity contribution in [1.82, 2.24) is 4.72 Å². The largest absolute Gasteiger partial charge is 0.449 e. The highest BCUT2D eigenvalue weighted by atomic mass is 32.2. The highest BCUT2D eigenvalue weighted by molar-refractivity contribution is 7.89. The Morgan fingerprint density at radius 1 is 1.25 bits per heavy atom. The number of rotatable bonds is 14. The smallest absolute Gasteiger partial charge is 0.420 e. The molecule has 0 aromatic heterocycles. The van der Waals surface area contributed by atoms with Crippen LogP contribution in [0.2, 0.25) is 0 Å². The van der Waals surface area contributed by atoms with Crippen molar-refractivity contribution in [1.29, 1.82) is 0 Å². The predicted molar refractivity (Wildman–Crippen MR) is 127 cm³/mol. The van der Waals surface area contributed by atoms with E-state index in [0.717, 1.165) is 44.8 Å². The number of nitrogens with one attached hydrogen (secondary N) is 1. The lowest BCUT2D eigenvalue weighted by atomic mass is 9.85. The molecule has 1 fully saturated rings. The van der Waals surface area contributed by atoms with Crippen molar-refractivity contribution in [2.45, 2.75) is 84.2 Å². The lowest BCUT2D eigenvalue weighted by molar-refractivity contribution is -0.121. The number of hydrogen-bond donors (Lipinski definition) is 2. The maximum absolute atomic E-state index is 12.5. The van der Waals surface area contributed by atoms with Gasteiger partial charge in [0.05, 0.1) is 18.5 Å². The maximum Gasteiger partial charge on any atom is 0.420 e. The second-order valence-corrected chi connectivity index (χ2v) is 11.0. The molecule has 0 aromatic carbocycles. The van der Waals surface area contributed by atoms with E-state index in [1.165, 1.54) is 0 Å². The van der Waals surface area contributed by atoms with Gasteiger partial charge < -0.3 is 9.84 Å². The van der Waals surface area contributed by atoms with Crippen molar-refractivity contribution in [3.8, 4) is 0 Å². The van der Waals surface area contributed by atoms with E-state index in [4.69, 9.17) is 4.74 Å². The van der Waals surface area contributed by atoms with Crippen LogP contribution in [0.1, 0.15) is 78.6 Å². The summed E-state index contributed by atoms with van der Waals surface area (Å²) in [6.07, 6.45) is 15.4. The number of allylic oxidation sites excluding steroid dienone is 3. The van der Waals surface area contributed by atoms with Crippen LogP contribution in [0.15, 0.2) is 24.3 Å². The number of unbranched alkanes of at least 4 members (excludes halogenated alkanes) is 4. The van der Waals surface area contributed by atoms with Crippen LogP contribution in [0.3, 0.4) is 0 Å². The van der Waals surface area contributed by atoms with Gasteiger partial charge >= 0.3 is 6.09 Å². The fraction of sp³-hybridized carbons (Fsp3) is 0.750. The lowest BCUT2D eigenvalue weighted by Crippen LogP contribution is -2.30. The second kappa shape index (κ2) is 13.8. The van der Waals surface area contributed by atoms with E-state index < -0.39 is 21.7 Å². The summed E-state index contributed by atoms with van der Waals surface area (Å²) in [4.78, 5) is 23.7. The van der Waals surface area contributed by atoms with Crippen molar-refractivity contribution in [2.24, 2.45) is 17.8 Å². The van der Waals surface area contributed by atoms with Crippen LogP contribution in [0.4, 0.5) is 4.79 Å². The number of Topliss-reactive ketones (excluding diaryl/α,β-unsaturated/α-hetero) is 1. The second-order valence-electron chi connectivity index (χ2n) is 9.22. The number of ether oxygens (including phenoxy) is 1. The van der Waals surface area contributed by atoms with Crippen LogP contribution in [-0.4, -0.2) is 43.9 Å². The standard InChI is InChI=1S/C24H41NO6S/c1-5-6-11-15-24(3,28)16-14-20-19(2)18-22(26)21(20)13-10-8-7-9-12-17-31-23(27)25-32(4,29)30/h8,10,14,16,19-21,28H,5-7,9,11-13,15,17-18H2,1-4H3,(H,25,27)/t19-,20+,21-,24+/m1/s1. The fourth-order valence-corrected chi connectivity index (χ4v) is 4.40. The molecule has 0 saturated heterocycles. The van der Waals surface area contributed by atoms with Gasteiger partial charge in [-0.15, -0.1) is 0 Å². The highest BCUT2D eigenvalue weighted by Crippen LogP contribution is 2.38. The first-order valence-electron chi connectivity index (χ1n) is 11.7. The third kappa shape index (κ3) is 11.8. The van der Waals surface area contributed by atoms with Crippen LogP contribution in [0, 0.1) is 17.8 Å².